The lowest BCUT2D eigenvalue weighted by atomic mass is 9.79. The summed E-state index contributed by atoms with van der Waals surface area (Å²) in [7, 11) is 2.13. The Labute approximate surface area is 121 Å². The molecule has 4 nitrogen and oxygen atoms in total. The monoisotopic (exact) mass is 279 g/mol. The van der Waals surface area contributed by atoms with Crippen LogP contribution < -0.4 is 0 Å². The zero-order chi connectivity index (χ0) is 14.0. The number of ether oxygens (including phenoxy) is 1. The van der Waals surface area contributed by atoms with E-state index in [1.165, 1.54) is 0 Å². The third-order valence-electron chi connectivity index (χ3n) is 4.67. The van der Waals surface area contributed by atoms with Gasteiger partial charge >= 0.3 is 5.97 Å². The molecule has 1 saturated heterocycles. The number of likely N-dealkylation sites (tertiary alicyclic amines) is 1. The lowest BCUT2D eigenvalue weighted by molar-refractivity contribution is -0.0564. The molecular weight excluding hydrogens is 254 g/mol. The van der Waals surface area contributed by atoms with Gasteiger partial charge in [-0.25, -0.2) is 4.79 Å². The van der Waals surface area contributed by atoms with Crippen molar-refractivity contribution in [3.8, 4) is 0 Å². The highest BCUT2D eigenvalue weighted by atomic mass is 16.5. The van der Waals surface area contributed by atoms with Crippen LogP contribution in [-0.2, 0) is 4.74 Å². The van der Waals surface area contributed by atoms with Crippen molar-refractivity contribution in [2.45, 2.75) is 38.8 Å². The van der Waals surface area contributed by atoms with Crippen molar-refractivity contribution < 1.29 is 15.0 Å². The molecule has 0 bridgehead atoms. The molecule has 2 atom stereocenters. The molecule has 1 heterocycles. The van der Waals surface area contributed by atoms with E-state index in [9.17, 15) is 4.79 Å². The molecule has 1 aromatic rings. The van der Waals surface area contributed by atoms with Crippen LogP contribution >= 0.6 is 0 Å². The largest absolute Gasteiger partial charge is 0.458 e. The van der Waals surface area contributed by atoms with Gasteiger partial charge in [-0.1, -0.05) is 25.1 Å². The van der Waals surface area contributed by atoms with Gasteiger partial charge in [0.1, 0.15) is 6.10 Å². The van der Waals surface area contributed by atoms with Crippen molar-refractivity contribution in [1.82, 2.24) is 4.90 Å². The number of hydrogen-bond acceptors (Lipinski definition) is 3. The summed E-state index contributed by atoms with van der Waals surface area (Å²) in [5, 5.41) is 0. The standard InChI is InChI=1S/C16H23NO2.H2O/c1-12-14(10-11-17(4)16(12,2)3)19-15(18)13-8-6-5-7-9-13;/h5-9,12,14H,10-11H2,1-4H3;1H2. The number of rotatable bonds is 2. The van der Waals surface area contributed by atoms with Crippen molar-refractivity contribution >= 4 is 5.97 Å². The minimum absolute atomic E-state index is 0. The van der Waals surface area contributed by atoms with Gasteiger partial charge in [-0.15, -0.1) is 0 Å². The maximum absolute atomic E-state index is 12.1. The number of benzene rings is 1. The SMILES string of the molecule is CC1C(OC(=O)c2ccccc2)CCN(C)C1(C)C.O. The number of piperidine rings is 1. The predicted octanol–water partition coefficient (Wildman–Crippen LogP) is 2.14. The number of carbonyl (C=O) groups excluding carboxylic acids is 1. The Bertz CT molecular complexity index is 444. The first-order valence-electron chi connectivity index (χ1n) is 6.90. The highest BCUT2D eigenvalue weighted by Crippen LogP contribution is 2.33. The molecule has 2 unspecified atom stereocenters. The Morgan fingerprint density at radius 3 is 2.50 bits per heavy atom. The van der Waals surface area contributed by atoms with Crippen molar-refractivity contribution in [1.29, 1.82) is 0 Å². The summed E-state index contributed by atoms with van der Waals surface area (Å²) >= 11 is 0. The Balaban J connectivity index is 0.00000200. The summed E-state index contributed by atoms with van der Waals surface area (Å²) < 4.78 is 5.71. The van der Waals surface area contributed by atoms with Gasteiger partial charge in [0.15, 0.2) is 0 Å². The fraction of sp³-hybridized carbons (Fsp3) is 0.562. The van der Waals surface area contributed by atoms with Crippen molar-refractivity contribution in [3.05, 3.63) is 35.9 Å². The van der Waals surface area contributed by atoms with E-state index in [2.05, 4.69) is 32.7 Å². The van der Waals surface area contributed by atoms with Crippen molar-refractivity contribution in [2.24, 2.45) is 5.92 Å². The Hall–Kier alpha value is -1.39. The molecule has 20 heavy (non-hydrogen) atoms. The van der Waals surface area contributed by atoms with E-state index in [1.807, 2.05) is 18.2 Å². The molecule has 0 aliphatic carbocycles. The molecule has 1 fully saturated rings. The van der Waals surface area contributed by atoms with Crippen LogP contribution in [0.3, 0.4) is 0 Å². The first-order chi connectivity index (χ1) is 8.93. The topological polar surface area (TPSA) is 61.0 Å². The minimum Gasteiger partial charge on any atom is -0.458 e. The summed E-state index contributed by atoms with van der Waals surface area (Å²) in [5.74, 6) is 0.108. The van der Waals surface area contributed by atoms with E-state index in [0.717, 1.165) is 13.0 Å². The predicted molar refractivity (Wildman–Crippen MR) is 79.7 cm³/mol. The lowest BCUT2D eigenvalue weighted by Crippen LogP contribution is -2.56. The molecule has 0 radical (unpaired) electrons. The quantitative estimate of drug-likeness (QED) is 0.779. The first-order valence-corrected chi connectivity index (χ1v) is 6.90. The Morgan fingerprint density at radius 2 is 1.90 bits per heavy atom. The van der Waals surface area contributed by atoms with Crippen LogP contribution in [0, 0.1) is 5.92 Å². The highest BCUT2D eigenvalue weighted by Gasteiger charge is 2.41. The smallest absolute Gasteiger partial charge is 0.338 e. The maximum atomic E-state index is 12.1. The van der Waals surface area contributed by atoms with Gasteiger partial charge < -0.3 is 15.1 Å². The Morgan fingerprint density at radius 1 is 1.30 bits per heavy atom. The molecule has 0 spiro atoms. The summed E-state index contributed by atoms with van der Waals surface area (Å²) in [6, 6.07) is 9.22. The molecule has 2 rings (SSSR count). The normalized spacial score (nSPS) is 25.6. The van der Waals surface area contributed by atoms with Crippen LogP contribution in [-0.4, -0.2) is 41.6 Å². The van der Waals surface area contributed by atoms with Crippen LogP contribution in [0.15, 0.2) is 30.3 Å². The summed E-state index contributed by atoms with van der Waals surface area (Å²) in [6.07, 6.45) is 0.901. The van der Waals surface area contributed by atoms with E-state index >= 15 is 0 Å². The van der Waals surface area contributed by atoms with Crippen molar-refractivity contribution in [3.63, 3.8) is 0 Å². The summed E-state index contributed by atoms with van der Waals surface area (Å²) in [5.41, 5.74) is 0.686. The number of esters is 1. The summed E-state index contributed by atoms with van der Waals surface area (Å²) in [6.45, 7) is 7.54. The molecule has 0 aromatic heterocycles. The molecular formula is C16H25NO3. The molecule has 0 saturated carbocycles. The fourth-order valence-corrected chi connectivity index (χ4v) is 2.60. The van der Waals surface area contributed by atoms with E-state index in [1.54, 1.807) is 12.1 Å². The van der Waals surface area contributed by atoms with Gasteiger partial charge in [0.25, 0.3) is 0 Å². The van der Waals surface area contributed by atoms with Crippen LogP contribution in [0.5, 0.6) is 0 Å². The number of nitrogens with zero attached hydrogens (tertiary/aromatic N) is 1. The Kier molecular flexibility index (Phi) is 5.31. The molecule has 1 aromatic carbocycles. The van der Waals surface area contributed by atoms with E-state index in [0.29, 0.717) is 11.5 Å². The second-order valence-corrected chi connectivity index (χ2v) is 5.96. The zero-order valence-electron chi connectivity index (χ0n) is 12.7. The molecule has 0 amide bonds. The van der Waals surface area contributed by atoms with Gasteiger partial charge in [-0.2, -0.15) is 0 Å². The average Bonchev–Trinajstić information content (AvgIpc) is 2.41. The third-order valence-corrected chi connectivity index (χ3v) is 4.67. The minimum atomic E-state index is -0.210. The van der Waals surface area contributed by atoms with Gasteiger partial charge in [0.05, 0.1) is 5.56 Å². The van der Waals surface area contributed by atoms with Crippen LogP contribution in [0.25, 0.3) is 0 Å². The van der Waals surface area contributed by atoms with Crippen molar-refractivity contribution in [2.75, 3.05) is 13.6 Å². The van der Waals surface area contributed by atoms with Gasteiger partial charge in [0, 0.05) is 18.0 Å². The molecule has 2 N–H and O–H groups in total. The second kappa shape index (κ2) is 6.37. The first kappa shape index (κ1) is 16.7. The average molecular weight is 279 g/mol. The molecule has 112 valence electrons. The lowest BCUT2D eigenvalue weighted by Gasteiger charge is -2.48. The fourth-order valence-electron chi connectivity index (χ4n) is 2.60. The molecule has 1 aliphatic heterocycles. The number of carbonyl (C=O) groups is 1. The molecule has 4 heteroatoms. The maximum Gasteiger partial charge on any atom is 0.338 e. The molecule has 1 aliphatic rings. The number of hydrogen-bond donors (Lipinski definition) is 0. The highest BCUT2D eigenvalue weighted by molar-refractivity contribution is 5.89. The van der Waals surface area contributed by atoms with Crippen LogP contribution in [0.4, 0.5) is 0 Å². The van der Waals surface area contributed by atoms with E-state index in [-0.39, 0.29) is 23.1 Å². The third kappa shape index (κ3) is 3.19. The van der Waals surface area contributed by atoms with Gasteiger partial charge in [0.2, 0.25) is 0 Å². The van der Waals surface area contributed by atoms with Gasteiger partial charge in [-0.05, 0) is 39.4 Å². The summed E-state index contributed by atoms with van der Waals surface area (Å²) in [4.78, 5) is 14.5. The van der Waals surface area contributed by atoms with E-state index in [4.69, 9.17) is 4.74 Å². The second-order valence-electron chi connectivity index (χ2n) is 5.96. The van der Waals surface area contributed by atoms with Crippen LogP contribution in [0.1, 0.15) is 37.6 Å². The van der Waals surface area contributed by atoms with Crippen LogP contribution in [0.2, 0.25) is 0 Å². The van der Waals surface area contributed by atoms with Gasteiger partial charge in [-0.3, -0.25) is 0 Å². The zero-order valence-corrected chi connectivity index (χ0v) is 12.7. The van der Waals surface area contributed by atoms with E-state index < -0.39 is 0 Å².